The minimum absolute atomic E-state index is 0.0878. The minimum atomic E-state index is 0.0878. The molecule has 0 heterocycles. The van der Waals surface area contributed by atoms with Crippen LogP contribution in [0.4, 0.5) is 0 Å². The first-order chi connectivity index (χ1) is 9.76. The van der Waals surface area contributed by atoms with Gasteiger partial charge in [-0.3, -0.25) is 0 Å². The van der Waals surface area contributed by atoms with Crippen LogP contribution in [-0.2, 0) is 6.54 Å². The number of halogens is 1. The molecule has 0 bridgehead atoms. The Morgan fingerprint density at radius 1 is 1.29 bits per heavy atom. The standard InChI is InChI=1S/C17H28BrNO2/c1-7-8-12(2)21-16-14(18)9-13(10-15(16)20-6)11-19-17(3,4)5/h9-10,12,19H,7-8,11H2,1-6H3. The number of methoxy groups -OCH3 is 1. The van der Waals surface area contributed by atoms with E-state index in [0.717, 1.165) is 35.4 Å². The first-order valence-electron chi connectivity index (χ1n) is 7.55. The fourth-order valence-corrected chi connectivity index (χ4v) is 2.61. The molecule has 0 aliphatic carbocycles. The van der Waals surface area contributed by atoms with Gasteiger partial charge in [-0.2, -0.15) is 0 Å². The van der Waals surface area contributed by atoms with Crippen molar-refractivity contribution in [2.45, 2.75) is 65.6 Å². The molecule has 21 heavy (non-hydrogen) atoms. The van der Waals surface area contributed by atoms with Gasteiger partial charge >= 0.3 is 0 Å². The third-order valence-corrected chi connectivity index (χ3v) is 3.72. The van der Waals surface area contributed by atoms with Crippen LogP contribution in [0.25, 0.3) is 0 Å². The molecular formula is C17H28BrNO2. The predicted molar refractivity (Wildman–Crippen MR) is 92.3 cm³/mol. The van der Waals surface area contributed by atoms with E-state index in [1.54, 1.807) is 7.11 Å². The van der Waals surface area contributed by atoms with Gasteiger partial charge in [0.25, 0.3) is 0 Å². The quantitative estimate of drug-likeness (QED) is 0.751. The Bertz CT molecular complexity index is 455. The molecule has 0 fully saturated rings. The summed E-state index contributed by atoms with van der Waals surface area (Å²) in [5, 5.41) is 3.48. The lowest BCUT2D eigenvalue weighted by Crippen LogP contribution is -2.35. The Kier molecular flexibility index (Phi) is 7.01. The molecule has 0 saturated heterocycles. The summed E-state index contributed by atoms with van der Waals surface area (Å²) in [6, 6.07) is 4.13. The second-order valence-electron chi connectivity index (χ2n) is 6.43. The van der Waals surface area contributed by atoms with Crippen molar-refractivity contribution in [3.8, 4) is 11.5 Å². The highest BCUT2D eigenvalue weighted by molar-refractivity contribution is 9.10. The predicted octanol–water partition coefficient (Wildman–Crippen LogP) is 4.91. The van der Waals surface area contributed by atoms with Gasteiger partial charge in [-0.1, -0.05) is 13.3 Å². The maximum atomic E-state index is 6.02. The number of hydrogen-bond acceptors (Lipinski definition) is 3. The Balaban J connectivity index is 2.91. The highest BCUT2D eigenvalue weighted by Gasteiger charge is 2.15. The maximum Gasteiger partial charge on any atom is 0.175 e. The van der Waals surface area contributed by atoms with Crippen LogP contribution in [0.1, 0.15) is 53.0 Å². The molecule has 1 N–H and O–H groups in total. The van der Waals surface area contributed by atoms with Gasteiger partial charge in [0.2, 0.25) is 0 Å². The van der Waals surface area contributed by atoms with E-state index in [2.05, 4.69) is 61.9 Å². The molecule has 0 amide bonds. The summed E-state index contributed by atoms with van der Waals surface area (Å²) in [7, 11) is 1.68. The summed E-state index contributed by atoms with van der Waals surface area (Å²) in [5.41, 5.74) is 1.26. The van der Waals surface area contributed by atoms with E-state index in [-0.39, 0.29) is 11.6 Å². The third-order valence-electron chi connectivity index (χ3n) is 3.13. The van der Waals surface area contributed by atoms with Crippen molar-refractivity contribution in [3.05, 3.63) is 22.2 Å². The number of nitrogens with one attached hydrogen (secondary N) is 1. The molecule has 0 aliphatic heterocycles. The van der Waals surface area contributed by atoms with E-state index in [4.69, 9.17) is 9.47 Å². The normalized spacial score (nSPS) is 13.1. The summed E-state index contributed by atoms with van der Waals surface area (Å²) in [4.78, 5) is 0. The fraction of sp³-hybridized carbons (Fsp3) is 0.647. The topological polar surface area (TPSA) is 30.5 Å². The van der Waals surface area contributed by atoms with E-state index in [9.17, 15) is 0 Å². The molecule has 0 aliphatic rings. The van der Waals surface area contributed by atoms with E-state index in [1.165, 1.54) is 5.56 Å². The summed E-state index contributed by atoms with van der Waals surface area (Å²) < 4.78 is 12.5. The van der Waals surface area contributed by atoms with Gasteiger partial charge in [-0.05, 0) is 67.7 Å². The van der Waals surface area contributed by atoms with Gasteiger partial charge in [-0.15, -0.1) is 0 Å². The second-order valence-corrected chi connectivity index (χ2v) is 7.28. The zero-order valence-corrected chi connectivity index (χ0v) is 15.6. The third kappa shape index (κ3) is 6.27. The van der Waals surface area contributed by atoms with Gasteiger partial charge in [0.05, 0.1) is 17.7 Å². The lowest BCUT2D eigenvalue weighted by molar-refractivity contribution is 0.199. The summed E-state index contributed by atoms with van der Waals surface area (Å²) in [6.07, 6.45) is 2.32. The van der Waals surface area contributed by atoms with Gasteiger partial charge in [0.1, 0.15) is 0 Å². The Labute approximate surface area is 137 Å². The van der Waals surface area contributed by atoms with Crippen molar-refractivity contribution in [3.63, 3.8) is 0 Å². The van der Waals surface area contributed by atoms with Crippen molar-refractivity contribution < 1.29 is 9.47 Å². The molecule has 120 valence electrons. The molecule has 4 heteroatoms. The van der Waals surface area contributed by atoms with E-state index >= 15 is 0 Å². The Morgan fingerprint density at radius 3 is 2.48 bits per heavy atom. The molecule has 0 aromatic heterocycles. The van der Waals surface area contributed by atoms with E-state index in [0.29, 0.717) is 0 Å². The van der Waals surface area contributed by atoms with Crippen molar-refractivity contribution in [1.82, 2.24) is 5.32 Å². The average Bonchev–Trinajstić information content (AvgIpc) is 2.38. The number of ether oxygens (including phenoxy) is 2. The van der Waals surface area contributed by atoms with Crippen LogP contribution in [0.5, 0.6) is 11.5 Å². The van der Waals surface area contributed by atoms with E-state index in [1.807, 2.05) is 6.07 Å². The Hall–Kier alpha value is -0.740. The zero-order valence-electron chi connectivity index (χ0n) is 14.0. The average molecular weight is 358 g/mol. The molecular weight excluding hydrogens is 330 g/mol. The largest absolute Gasteiger partial charge is 0.493 e. The van der Waals surface area contributed by atoms with Crippen LogP contribution in [0.3, 0.4) is 0 Å². The number of rotatable bonds is 7. The maximum absolute atomic E-state index is 6.02. The van der Waals surface area contributed by atoms with Crippen molar-refractivity contribution in [1.29, 1.82) is 0 Å². The molecule has 3 nitrogen and oxygen atoms in total. The van der Waals surface area contributed by atoms with Gasteiger partial charge in [0, 0.05) is 12.1 Å². The lowest BCUT2D eigenvalue weighted by atomic mass is 10.1. The highest BCUT2D eigenvalue weighted by Crippen LogP contribution is 2.37. The van der Waals surface area contributed by atoms with Crippen LogP contribution in [-0.4, -0.2) is 18.8 Å². The van der Waals surface area contributed by atoms with E-state index < -0.39 is 0 Å². The smallest absolute Gasteiger partial charge is 0.175 e. The fourth-order valence-electron chi connectivity index (χ4n) is 2.02. The zero-order chi connectivity index (χ0) is 16.0. The molecule has 0 saturated carbocycles. The molecule has 0 radical (unpaired) electrons. The lowest BCUT2D eigenvalue weighted by Gasteiger charge is -2.22. The van der Waals surface area contributed by atoms with Gasteiger partial charge in [0.15, 0.2) is 11.5 Å². The first-order valence-corrected chi connectivity index (χ1v) is 8.34. The van der Waals surface area contributed by atoms with Crippen molar-refractivity contribution >= 4 is 15.9 Å². The molecule has 0 spiro atoms. The summed E-state index contributed by atoms with van der Waals surface area (Å²) in [6.45, 7) is 11.5. The van der Waals surface area contributed by atoms with Gasteiger partial charge in [-0.25, -0.2) is 0 Å². The Morgan fingerprint density at radius 2 is 1.95 bits per heavy atom. The van der Waals surface area contributed by atoms with Crippen LogP contribution in [0.15, 0.2) is 16.6 Å². The molecule has 1 unspecified atom stereocenters. The summed E-state index contributed by atoms with van der Waals surface area (Å²) in [5.74, 6) is 1.57. The number of benzene rings is 1. The molecule has 1 aromatic carbocycles. The van der Waals surface area contributed by atoms with Crippen LogP contribution < -0.4 is 14.8 Å². The van der Waals surface area contributed by atoms with Crippen LogP contribution in [0, 0.1) is 0 Å². The van der Waals surface area contributed by atoms with Crippen LogP contribution in [0.2, 0.25) is 0 Å². The second kappa shape index (κ2) is 8.04. The van der Waals surface area contributed by atoms with Crippen molar-refractivity contribution in [2.75, 3.05) is 7.11 Å². The molecule has 1 atom stereocenters. The van der Waals surface area contributed by atoms with Crippen LogP contribution >= 0.6 is 15.9 Å². The SMILES string of the molecule is CCCC(C)Oc1c(Br)cc(CNC(C)(C)C)cc1OC. The number of hydrogen-bond donors (Lipinski definition) is 1. The van der Waals surface area contributed by atoms with Crippen molar-refractivity contribution in [2.24, 2.45) is 0 Å². The molecule has 1 aromatic rings. The highest BCUT2D eigenvalue weighted by atomic mass is 79.9. The summed E-state index contributed by atoms with van der Waals surface area (Å²) >= 11 is 3.61. The first kappa shape index (κ1) is 18.3. The minimum Gasteiger partial charge on any atom is -0.493 e. The van der Waals surface area contributed by atoms with Gasteiger partial charge < -0.3 is 14.8 Å². The molecule has 1 rings (SSSR count). The monoisotopic (exact) mass is 357 g/mol.